The van der Waals surface area contributed by atoms with Crippen molar-refractivity contribution in [2.24, 2.45) is 0 Å². The molecule has 1 aliphatic rings. The first-order valence-electron chi connectivity index (χ1n) is 18.0. The summed E-state index contributed by atoms with van der Waals surface area (Å²) < 4.78 is 0. The van der Waals surface area contributed by atoms with E-state index in [1.165, 1.54) is 0 Å². The van der Waals surface area contributed by atoms with E-state index in [0.717, 1.165) is 0 Å². The zero-order valence-corrected chi connectivity index (χ0v) is 48.4. The van der Waals surface area contributed by atoms with Crippen LogP contribution in [0.2, 0.25) is 66.5 Å². The predicted molar refractivity (Wildman–Crippen MR) is 233 cm³/mol. The summed E-state index contributed by atoms with van der Waals surface area (Å²) in [6.45, 7) is 78.1. The van der Waals surface area contributed by atoms with Crippen LogP contribution in [0.5, 0.6) is 0 Å². The van der Waals surface area contributed by atoms with Crippen LogP contribution in [0.4, 0.5) is 0 Å². The van der Waals surface area contributed by atoms with Crippen molar-refractivity contribution in [3.05, 3.63) is 0 Å². The van der Waals surface area contributed by atoms with Gasteiger partial charge in [-0.3, -0.25) is 0 Å². The molecular formula is C36H84PbSi8. The third-order valence-corrected chi connectivity index (χ3v) is 189. The predicted octanol–water partition coefficient (Wildman–Crippen LogP) is 12.9. The first kappa shape index (κ1) is 47.7. The number of hydrogen-bond donors (Lipinski definition) is 0. The van der Waals surface area contributed by atoms with Gasteiger partial charge in [-0.15, -0.1) is 0 Å². The molecule has 8 radical (unpaired) electrons. The van der Waals surface area contributed by atoms with E-state index in [9.17, 15) is 0 Å². The molecule has 0 N–H and O–H groups in total. The Balaban J connectivity index is 0.0000194. The minimum Gasteiger partial charge on any atom is -0.0710 e. The average Bonchev–Trinajstić information content (AvgIpc) is 2.65. The van der Waals surface area contributed by atoms with Gasteiger partial charge in [-0.1, -0.05) is 192 Å². The molecule has 0 aromatic rings. The van der Waals surface area contributed by atoms with Gasteiger partial charge in [0.25, 0.3) is 0 Å². The molecule has 0 bridgehead atoms. The van der Waals surface area contributed by atoms with Gasteiger partial charge in [0, 0.05) is 87.1 Å². The minimum atomic E-state index is -1.76. The van der Waals surface area contributed by atoms with Gasteiger partial charge in [-0.2, -0.15) is 0 Å². The summed E-state index contributed by atoms with van der Waals surface area (Å²) >= 11 is 0. The van der Waals surface area contributed by atoms with Crippen LogP contribution >= 0.6 is 0 Å². The van der Waals surface area contributed by atoms with E-state index >= 15 is 0 Å². The second-order valence-corrected chi connectivity index (χ2v) is 96.0. The summed E-state index contributed by atoms with van der Waals surface area (Å²) in [5.41, 5.74) is 0. The van der Waals surface area contributed by atoms with Crippen LogP contribution in [-0.4, -0.2) is 87.1 Å². The molecule has 0 aromatic heterocycles. The molecule has 264 valence electrons. The molecule has 1 aliphatic heterocycles. The van der Waals surface area contributed by atoms with Gasteiger partial charge in [0.05, 0.1) is 0 Å². The van der Waals surface area contributed by atoms with Crippen molar-refractivity contribution in [2.75, 3.05) is 0 Å². The Morgan fingerprint density at radius 3 is 0.333 bits per heavy atom. The van der Waals surface area contributed by atoms with E-state index in [1.54, 1.807) is 0 Å². The Kier molecular flexibility index (Phi) is 13.7. The first-order chi connectivity index (χ1) is 18.5. The van der Waals surface area contributed by atoms with Crippen LogP contribution in [0.15, 0.2) is 0 Å². The van der Waals surface area contributed by atoms with Crippen molar-refractivity contribution in [3.8, 4) is 0 Å². The molecule has 9 heteroatoms. The fourth-order valence-electron chi connectivity index (χ4n) is 9.94. The van der Waals surface area contributed by atoms with E-state index in [1.807, 2.05) is 0 Å². The summed E-state index contributed by atoms with van der Waals surface area (Å²) in [6.07, 6.45) is 0. The number of hydrogen-bond acceptors (Lipinski definition) is 0. The van der Waals surface area contributed by atoms with Gasteiger partial charge in [-0.05, 0) is 40.3 Å². The van der Waals surface area contributed by atoms with Crippen molar-refractivity contribution in [1.82, 2.24) is 0 Å². The van der Waals surface area contributed by atoms with Crippen molar-refractivity contribution in [1.29, 1.82) is 0 Å². The topological polar surface area (TPSA) is 0 Å². The summed E-state index contributed by atoms with van der Waals surface area (Å²) in [5, 5.41) is 3.53. The van der Waals surface area contributed by atoms with Crippen molar-refractivity contribution in [2.45, 2.75) is 233 Å². The Bertz CT molecular complexity index is 795. The quantitative estimate of drug-likeness (QED) is 0.246. The van der Waals surface area contributed by atoms with Crippen molar-refractivity contribution >= 4 is 87.1 Å². The second-order valence-electron chi connectivity index (χ2n) is 24.0. The molecular weight excluding hydrogens is 864 g/mol. The van der Waals surface area contributed by atoms with Crippen LogP contribution in [0.3, 0.4) is 0 Å². The molecule has 0 atom stereocenters. The maximum Gasteiger partial charge on any atom is 0.0456 e. The smallest absolute Gasteiger partial charge is 0.0456 e. The molecule has 0 spiro atoms. The molecule has 1 fully saturated rings. The van der Waals surface area contributed by atoms with Crippen molar-refractivity contribution < 1.29 is 0 Å². The SMILES string of the molecule is CC(C)(C)[Si](C)([Si]1[Si]([Si](C)(C(C)(C)C)C(C)(C)C)[Si]([Si](C)(C(C)(C)C)C(C)(C)C)[Si]1[Si](C)(C(C)(C)C)C(C)(C)C)C(C)(C)C.[Pb]. The Morgan fingerprint density at radius 2 is 0.289 bits per heavy atom. The molecule has 0 saturated carbocycles. The number of rotatable bonds is 4. The normalized spacial score (nSPS) is 19.5. The summed E-state index contributed by atoms with van der Waals surface area (Å²) in [6, 6.07) is 0. The molecule has 0 amide bonds. The molecule has 0 aliphatic carbocycles. The Labute approximate surface area is 317 Å². The van der Waals surface area contributed by atoms with E-state index in [2.05, 4.69) is 192 Å². The van der Waals surface area contributed by atoms with Crippen LogP contribution in [0, 0.1) is 0 Å². The zero-order valence-electron chi connectivity index (χ0n) is 36.5. The standard InChI is InChI=1S/C36H84Si8.Pb/c1-29(2,3)41(25,30(4,5)6)37-38(42(26,31(7,8)9)32(10,11)12)40(44(28,35(19,20)21)36(22,23)24)39(37)43(27,33(13,14)15)34(16,17)18;/h1-28H3;. The maximum atomic E-state index is 3.04. The first-order valence-corrected chi connectivity index (χ1v) is 42.0. The molecule has 0 unspecified atom stereocenters. The van der Waals surface area contributed by atoms with Gasteiger partial charge in [0.1, 0.15) is 0 Å². The summed E-state index contributed by atoms with van der Waals surface area (Å²) in [4.78, 5) is 0. The van der Waals surface area contributed by atoms with E-state index in [0.29, 0.717) is 40.3 Å². The minimum absolute atomic E-state index is 0. The average molecular weight is 949 g/mol. The Hall–Kier alpha value is 2.66. The molecule has 0 aromatic carbocycles. The molecule has 1 heterocycles. The van der Waals surface area contributed by atoms with Gasteiger partial charge >= 0.3 is 0 Å². The monoisotopic (exact) mass is 948 g/mol. The molecule has 1 saturated heterocycles. The van der Waals surface area contributed by atoms with Gasteiger partial charge in [-0.25, -0.2) is 0 Å². The van der Waals surface area contributed by atoms with Crippen LogP contribution < -0.4 is 0 Å². The largest absolute Gasteiger partial charge is 0.0710 e. The molecule has 1 rings (SSSR count). The second kappa shape index (κ2) is 13.0. The fourth-order valence-corrected chi connectivity index (χ4v) is 353. The van der Waals surface area contributed by atoms with Gasteiger partial charge in [0.15, 0.2) is 0 Å². The van der Waals surface area contributed by atoms with Gasteiger partial charge in [0.2, 0.25) is 0 Å². The maximum absolute atomic E-state index is 3.04. The van der Waals surface area contributed by atoms with Crippen LogP contribution in [0.1, 0.15) is 166 Å². The van der Waals surface area contributed by atoms with Crippen molar-refractivity contribution in [3.63, 3.8) is 0 Å². The molecule has 0 nitrogen and oxygen atoms in total. The third kappa shape index (κ3) is 7.08. The van der Waals surface area contributed by atoms with E-state index in [-0.39, 0.29) is 27.3 Å². The van der Waals surface area contributed by atoms with Gasteiger partial charge < -0.3 is 0 Å². The van der Waals surface area contributed by atoms with Crippen LogP contribution in [-0.2, 0) is 0 Å². The summed E-state index contributed by atoms with van der Waals surface area (Å²) in [7, 11) is -9.13. The van der Waals surface area contributed by atoms with Crippen LogP contribution in [0.25, 0.3) is 0 Å². The third-order valence-electron chi connectivity index (χ3n) is 15.0. The summed E-state index contributed by atoms with van der Waals surface area (Å²) in [5.74, 6) is 0. The van der Waals surface area contributed by atoms with E-state index in [4.69, 9.17) is 0 Å². The zero-order chi connectivity index (χ0) is 36.3. The molecule has 45 heavy (non-hydrogen) atoms. The fraction of sp³-hybridized carbons (Fsp3) is 1.00. The van der Waals surface area contributed by atoms with E-state index < -0.39 is 59.8 Å². The Morgan fingerprint density at radius 1 is 0.222 bits per heavy atom.